The maximum atomic E-state index is 4.48. The zero-order valence-electron chi connectivity index (χ0n) is 16.5. The third-order valence-corrected chi connectivity index (χ3v) is 4.99. The Kier molecular flexibility index (Phi) is 4.83. The van der Waals surface area contributed by atoms with Crippen molar-refractivity contribution in [1.82, 2.24) is 14.9 Å². The van der Waals surface area contributed by atoms with Crippen LogP contribution in [0.25, 0.3) is 22.0 Å². The van der Waals surface area contributed by atoms with E-state index in [9.17, 15) is 0 Å². The second kappa shape index (κ2) is 7.28. The molecular formula is C23H28N4. The number of likely N-dealkylation sites (tertiary alicyclic amines) is 1. The molecular weight excluding hydrogens is 332 g/mol. The molecule has 1 aromatic heterocycles. The first kappa shape index (κ1) is 17.9. The van der Waals surface area contributed by atoms with Crippen LogP contribution >= 0.6 is 0 Å². The summed E-state index contributed by atoms with van der Waals surface area (Å²) in [5.74, 6) is 0.891. The first-order valence-electron chi connectivity index (χ1n) is 9.83. The number of hydrogen-bond donors (Lipinski definition) is 1. The standard InChI is InChI=1S/C23H28N4/c1-23(2,3)26-22-20-14-19(9-10-21(20)24-16-25-22)18-8-6-7-17(13-18)15-27-11-4-5-12-27/h6-10,13-14,16H,4-5,11-12,15H2,1-3H3,(H,24,25,26). The fourth-order valence-corrected chi connectivity index (χ4v) is 3.74. The monoisotopic (exact) mass is 360 g/mol. The number of rotatable bonds is 4. The van der Waals surface area contributed by atoms with Gasteiger partial charge in [0.15, 0.2) is 0 Å². The molecule has 0 spiro atoms. The summed E-state index contributed by atoms with van der Waals surface area (Å²) in [6.45, 7) is 9.92. The van der Waals surface area contributed by atoms with E-state index in [0.717, 1.165) is 23.3 Å². The molecule has 1 fully saturated rings. The fourth-order valence-electron chi connectivity index (χ4n) is 3.74. The molecule has 0 saturated carbocycles. The van der Waals surface area contributed by atoms with Crippen LogP contribution in [-0.4, -0.2) is 33.5 Å². The third-order valence-electron chi connectivity index (χ3n) is 4.99. The average Bonchev–Trinajstić information content (AvgIpc) is 3.14. The summed E-state index contributed by atoms with van der Waals surface area (Å²) in [4.78, 5) is 11.5. The van der Waals surface area contributed by atoms with E-state index in [2.05, 4.69) is 83.4 Å². The van der Waals surface area contributed by atoms with Crippen LogP contribution in [0.1, 0.15) is 39.2 Å². The summed E-state index contributed by atoms with van der Waals surface area (Å²) in [6.07, 6.45) is 4.29. The highest BCUT2D eigenvalue weighted by molar-refractivity contribution is 5.92. The molecule has 1 aliphatic rings. The summed E-state index contributed by atoms with van der Waals surface area (Å²) in [5, 5.41) is 4.57. The Morgan fingerprint density at radius 2 is 1.74 bits per heavy atom. The molecule has 1 saturated heterocycles. The molecule has 0 unspecified atom stereocenters. The smallest absolute Gasteiger partial charge is 0.137 e. The highest BCUT2D eigenvalue weighted by atomic mass is 15.1. The van der Waals surface area contributed by atoms with E-state index >= 15 is 0 Å². The van der Waals surface area contributed by atoms with Gasteiger partial charge in [-0.25, -0.2) is 9.97 Å². The van der Waals surface area contributed by atoms with E-state index in [1.807, 2.05) is 0 Å². The first-order chi connectivity index (χ1) is 13.0. The molecule has 140 valence electrons. The van der Waals surface area contributed by atoms with Crippen molar-refractivity contribution in [2.24, 2.45) is 0 Å². The van der Waals surface area contributed by atoms with Crippen LogP contribution in [-0.2, 0) is 6.54 Å². The fraction of sp³-hybridized carbons (Fsp3) is 0.391. The lowest BCUT2D eigenvalue weighted by molar-refractivity contribution is 0.331. The average molecular weight is 361 g/mol. The third kappa shape index (κ3) is 4.28. The quantitative estimate of drug-likeness (QED) is 0.702. The molecule has 0 amide bonds. The van der Waals surface area contributed by atoms with Crippen LogP contribution in [0, 0.1) is 0 Å². The first-order valence-corrected chi connectivity index (χ1v) is 9.83. The molecule has 2 aromatic carbocycles. The van der Waals surface area contributed by atoms with Gasteiger partial charge in [0.1, 0.15) is 12.1 Å². The van der Waals surface area contributed by atoms with Crippen molar-refractivity contribution in [1.29, 1.82) is 0 Å². The Morgan fingerprint density at radius 3 is 2.52 bits per heavy atom. The highest BCUT2D eigenvalue weighted by Crippen LogP contribution is 2.29. The predicted molar refractivity (Wildman–Crippen MR) is 113 cm³/mol. The van der Waals surface area contributed by atoms with Gasteiger partial charge in [0.05, 0.1) is 5.52 Å². The number of nitrogens with one attached hydrogen (secondary N) is 1. The van der Waals surface area contributed by atoms with Crippen LogP contribution in [0.3, 0.4) is 0 Å². The van der Waals surface area contributed by atoms with E-state index < -0.39 is 0 Å². The lowest BCUT2D eigenvalue weighted by atomic mass is 10.0. The summed E-state index contributed by atoms with van der Waals surface area (Å²) in [6, 6.07) is 15.4. The normalized spacial score (nSPS) is 15.4. The minimum Gasteiger partial charge on any atom is -0.365 e. The zero-order valence-corrected chi connectivity index (χ0v) is 16.5. The zero-order chi connectivity index (χ0) is 18.9. The maximum absolute atomic E-state index is 4.48. The molecule has 4 nitrogen and oxygen atoms in total. The molecule has 2 heterocycles. The van der Waals surface area contributed by atoms with Crippen LogP contribution in [0.5, 0.6) is 0 Å². The molecule has 0 atom stereocenters. The Bertz CT molecular complexity index is 937. The molecule has 4 rings (SSSR count). The van der Waals surface area contributed by atoms with Crippen molar-refractivity contribution >= 4 is 16.7 Å². The van der Waals surface area contributed by atoms with Crippen LogP contribution in [0.15, 0.2) is 48.8 Å². The largest absolute Gasteiger partial charge is 0.365 e. The molecule has 1 N–H and O–H groups in total. The Hall–Kier alpha value is -2.46. The molecule has 1 aliphatic heterocycles. The Labute approximate surface area is 161 Å². The molecule has 0 radical (unpaired) electrons. The summed E-state index contributed by atoms with van der Waals surface area (Å²) < 4.78 is 0. The van der Waals surface area contributed by atoms with Gasteiger partial charge in [0, 0.05) is 17.5 Å². The van der Waals surface area contributed by atoms with E-state index in [-0.39, 0.29) is 5.54 Å². The highest BCUT2D eigenvalue weighted by Gasteiger charge is 2.14. The molecule has 0 aliphatic carbocycles. The number of benzene rings is 2. The van der Waals surface area contributed by atoms with Crippen molar-refractivity contribution in [3.8, 4) is 11.1 Å². The van der Waals surface area contributed by atoms with Crippen molar-refractivity contribution in [2.75, 3.05) is 18.4 Å². The van der Waals surface area contributed by atoms with Crippen LogP contribution < -0.4 is 5.32 Å². The number of hydrogen-bond acceptors (Lipinski definition) is 4. The lowest BCUT2D eigenvalue weighted by Crippen LogP contribution is -2.26. The minimum atomic E-state index is -0.0487. The van der Waals surface area contributed by atoms with Gasteiger partial charge in [-0.05, 0) is 81.6 Å². The van der Waals surface area contributed by atoms with Crippen molar-refractivity contribution in [2.45, 2.75) is 45.7 Å². The summed E-state index contributed by atoms with van der Waals surface area (Å²) in [5.41, 5.74) is 4.75. The van der Waals surface area contributed by atoms with Crippen LogP contribution in [0.2, 0.25) is 0 Å². The Morgan fingerprint density at radius 1 is 0.963 bits per heavy atom. The van der Waals surface area contributed by atoms with Crippen molar-refractivity contribution < 1.29 is 0 Å². The number of anilines is 1. The topological polar surface area (TPSA) is 41.1 Å². The minimum absolute atomic E-state index is 0.0487. The van der Waals surface area contributed by atoms with Gasteiger partial charge < -0.3 is 5.32 Å². The second-order valence-electron chi connectivity index (χ2n) is 8.51. The van der Waals surface area contributed by atoms with E-state index in [1.165, 1.54) is 42.6 Å². The number of aromatic nitrogens is 2. The Balaban J connectivity index is 1.68. The van der Waals surface area contributed by atoms with Crippen molar-refractivity contribution in [3.63, 3.8) is 0 Å². The van der Waals surface area contributed by atoms with E-state index in [0.29, 0.717) is 0 Å². The number of fused-ring (bicyclic) bond motifs is 1. The van der Waals surface area contributed by atoms with E-state index in [1.54, 1.807) is 6.33 Å². The van der Waals surface area contributed by atoms with Gasteiger partial charge in [-0.3, -0.25) is 4.90 Å². The maximum Gasteiger partial charge on any atom is 0.137 e. The van der Waals surface area contributed by atoms with Gasteiger partial charge >= 0.3 is 0 Å². The van der Waals surface area contributed by atoms with Crippen molar-refractivity contribution in [3.05, 3.63) is 54.4 Å². The second-order valence-corrected chi connectivity index (χ2v) is 8.51. The molecule has 4 heteroatoms. The van der Waals surface area contributed by atoms with E-state index in [4.69, 9.17) is 0 Å². The summed E-state index contributed by atoms with van der Waals surface area (Å²) >= 11 is 0. The summed E-state index contributed by atoms with van der Waals surface area (Å²) in [7, 11) is 0. The van der Waals surface area contributed by atoms with Gasteiger partial charge in [-0.2, -0.15) is 0 Å². The van der Waals surface area contributed by atoms with Gasteiger partial charge in [0.2, 0.25) is 0 Å². The molecule has 3 aromatic rings. The molecule has 27 heavy (non-hydrogen) atoms. The van der Waals surface area contributed by atoms with Gasteiger partial charge in [0.25, 0.3) is 0 Å². The number of nitrogens with zero attached hydrogens (tertiary/aromatic N) is 3. The van der Waals surface area contributed by atoms with Crippen LogP contribution in [0.4, 0.5) is 5.82 Å². The molecule has 0 bridgehead atoms. The SMILES string of the molecule is CC(C)(C)Nc1ncnc2ccc(-c3cccc(CN4CCCC4)c3)cc12. The van der Waals surface area contributed by atoms with Gasteiger partial charge in [-0.15, -0.1) is 0 Å². The predicted octanol–water partition coefficient (Wildman–Crippen LogP) is 5.10. The van der Waals surface area contributed by atoms with Gasteiger partial charge in [-0.1, -0.05) is 24.3 Å². The lowest BCUT2D eigenvalue weighted by Gasteiger charge is -2.22.